The topological polar surface area (TPSA) is 81.8 Å². The number of nitrogens with one attached hydrogen (secondary N) is 2. The molecule has 0 saturated carbocycles. The number of rotatable bonds is 5. The predicted octanol–water partition coefficient (Wildman–Crippen LogP) is 1.82. The molecule has 1 saturated heterocycles. The largest absolute Gasteiger partial charge is 0.347 e. The molecule has 0 aliphatic carbocycles. The second-order valence-corrected chi connectivity index (χ2v) is 7.58. The number of carbonyl (C=O) groups excluding carboxylic acids is 3. The van der Waals surface area contributed by atoms with Crippen molar-refractivity contribution in [2.24, 2.45) is 0 Å². The standard InChI is InChI=1S/C23H28N4O3/c1-17-6-8-20(9-7-17)25-22(29)21(28)24-10-11-26-12-14-27(15-13-26)23(30)19-5-3-4-18(2)16-19/h3-9,16H,10-15H2,1-2H3,(H,24,28)(H,25,29). The second-order valence-electron chi connectivity index (χ2n) is 7.58. The first-order valence-electron chi connectivity index (χ1n) is 10.2. The number of anilines is 1. The van der Waals surface area contributed by atoms with Crippen molar-refractivity contribution in [1.82, 2.24) is 15.1 Å². The highest BCUT2D eigenvalue weighted by Crippen LogP contribution is 2.11. The van der Waals surface area contributed by atoms with Crippen LogP contribution in [0.1, 0.15) is 21.5 Å². The van der Waals surface area contributed by atoms with Crippen LogP contribution in [0.5, 0.6) is 0 Å². The summed E-state index contributed by atoms with van der Waals surface area (Å²) in [5.74, 6) is -1.27. The van der Waals surface area contributed by atoms with E-state index in [0.29, 0.717) is 31.9 Å². The van der Waals surface area contributed by atoms with Gasteiger partial charge >= 0.3 is 11.8 Å². The van der Waals surface area contributed by atoms with Crippen LogP contribution in [0, 0.1) is 13.8 Å². The molecule has 3 rings (SSSR count). The minimum Gasteiger partial charge on any atom is -0.347 e. The number of hydrogen-bond donors (Lipinski definition) is 2. The highest BCUT2D eigenvalue weighted by Gasteiger charge is 2.22. The second kappa shape index (κ2) is 10.0. The minimum atomic E-state index is -0.674. The number of aryl methyl sites for hydroxylation is 2. The normalized spacial score (nSPS) is 14.3. The Balaban J connectivity index is 1.37. The summed E-state index contributed by atoms with van der Waals surface area (Å²) < 4.78 is 0. The van der Waals surface area contributed by atoms with E-state index in [9.17, 15) is 14.4 Å². The van der Waals surface area contributed by atoms with Gasteiger partial charge in [0, 0.05) is 50.5 Å². The van der Waals surface area contributed by atoms with Crippen molar-refractivity contribution in [3.05, 3.63) is 65.2 Å². The van der Waals surface area contributed by atoms with Crippen LogP contribution in [0.25, 0.3) is 0 Å². The molecule has 7 heteroatoms. The first-order chi connectivity index (χ1) is 14.4. The Morgan fingerprint density at radius 2 is 1.57 bits per heavy atom. The summed E-state index contributed by atoms with van der Waals surface area (Å²) in [6, 6.07) is 14.9. The lowest BCUT2D eigenvalue weighted by atomic mass is 10.1. The summed E-state index contributed by atoms with van der Waals surface area (Å²) in [6.07, 6.45) is 0. The third-order valence-corrected chi connectivity index (χ3v) is 5.15. The molecule has 0 aromatic heterocycles. The zero-order chi connectivity index (χ0) is 21.5. The summed E-state index contributed by atoms with van der Waals surface area (Å²) >= 11 is 0. The highest BCUT2D eigenvalue weighted by atomic mass is 16.2. The Kier molecular flexibility index (Phi) is 7.19. The fourth-order valence-electron chi connectivity index (χ4n) is 3.37. The van der Waals surface area contributed by atoms with E-state index < -0.39 is 11.8 Å². The van der Waals surface area contributed by atoms with E-state index in [-0.39, 0.29) is 5.91 Å². The molecule has 1 heterocycles. The number of nitrogens with zero attached hydrogens (tertiary/aromatic N) is 2. The van der Waals surface area contributed by atoms with Crippen molar-refractivity contribution < 1.29 is 14.4 Å². The lowest BCUT2D eigenvalue weighted by Crippen LogP contribution is -2.50. The van der Waals surface area contributed by atoms with Gasteiger partial charge in [-0.2, -0.15) is 0 Å². The van der Waals surface area contributed by atoms with Gasteiger partial charge in [-0.3, -0.25) is 19.3 Å². The summed E-state index contributed by atoms with van der Waals surface area (Å²) in [5, 5.41) is 5.24. The number of amides is 3. The van der Waals surface area contributed by atoms with Crippen LogP contribution in [-0.2, 0) is 9.59 Å². The van der Waals surface area contributed by atoms with E-state index in [1.807, 2.05) is 55.1 Å². The van der Waals surface area contributed by atoms with Crippen LogP contribution >= 0.6 is 0 Å². The van der Waals surface area contributed by atoms with E-state index in [4.69, 9.17) is 0 Å². The van der Waals surface area contributed by atoms with Gasteiger partial charge in [-0.25, -0.2) is 0 Å². The Morgan fingerprint density at radius 3 is 2.23 bits per heavy atom. The van der Waals surface area contributed by atoms with Crippen LogP contribution in [-0.4, -0.2) is 66.8 Å². The van der Waals surface area contributed by atoms with Gasteiger partial charge in [0.25, 0.3) is 5.91 Å². The van der Waals surface area contributed by atoms with Gasteiger partial charge in [0.15, 0.2) is 0 Å². The van der Waals surface area contributed by atoms with Crippen LogP contribution in [0.4, 0.5) is 5.69 Å². The van der Waals surface area contributed by atoms with Crippen molar-refractivity contribution in [3.63, 3.8) is 0 Å². The van der Waals surface area contributed by atoms with Crippen LogP contribution in [0.2, 0.25) is 0 Å². The monoisotopic (exact) mass is 408 g/mol. The molecular formula is C23H28N4O3. The van der Waals surface area contributed by atoms with Crippen molar-refractivity contribution in [2.75, 3.05) is 44.6 Å². The van der Waals surface area contributed by atoms with Gasteiger partial charge in [0.1, 0.15) is 0 Å². The van der Waals surface area contributed by atoms with Crippen molar-refractivity contribution >= 4 is 23.4 Å². The zero-order valence-electron chi connectivity index (χ0n) is 17.5. The molecule has 30 heavy (non-hydrogen) atoms. The van der Waals surface area contributed by atoms with Gasteiger partial charge in [0.05, 0.1) is 0 Å². The smallest absolute Gasteiger partial charge is 0.313 e. The molecule has 3 amide bonds. The van der Waals surface area contributed by atoms with Crippen LogP contribution < -0.4 is 10.6 Å². The lowest BCUT2D eigenvalue weighted by molar-refractivity contribution is -0.136. The molecule has 0 unspecified atom stereocenters. The molecule has 1 aliphatic rings. The molecule has 0 radical (unpaired) electrons. The Labute approximate surface area is 177 Å². The molecule has 0 spiro atoms. The maximum Gasteiger partial charge on any atom is 0.313 e. The first kappa shape index (κ1) is 21.5. The SMILES string of the molecule is Cc1ccc(NC(=O)C(=O)NCCN2CCN(C(=O)c3cccc(C)c3)CC2)cc1. The van der Waals surface area contributed by atoms with Gasteiger partial charge in [-0.15, -0.1) is 0 Å². The first-order valence-corrected chi connectivity index (χ1v) is 10.2. The maximum absolute atomic E-state index is 12.6. The third-order valence-electron chi connectivity index (χ3n) is 5.15. The van der Waals surface area contributed by atoms with Gasteiger partial charge in [-0.05, 0) is 38.1 Å². The summed E-state index contributed by atoms with van der Waals surface area (Å²) in [6.45, 7) is 7.72. The molecule has 2 aromatic carbocycles. The van der Waals surface area contributed by atoms with Crippen molar-refractivity contribution in [2.45, 2.75) is 13.8 Å². The lowest BCUT2D eigenvalue weighted by Gasteiger charge is -2.34. The number of carbonyl (C=O) groups is 3. The average Bonchev–Trinajstić information content (AvgIpc) is 2.75. The maximum atomic E-state index is 12.6. The molecule has 0 atom stereocenters. The van der Waals surface area contributed by atoms with Crippen LogP contribution in [0.3, 0.4) is 0 Å². The summed E-state index contributed by atoms with van der Waals surface area (Å²) in [7, 11) is 0. The third kappa shape index (κ3) is 5.90. The van der Waals surface area contributed by atoms with Crippen molar-refractivity contribution in [1.29, 1.82) is 0 Å². The Bertz CT molecular complexity index is 903. The predicted molar refractivity (Wildman–Crippen MR) is 116 cm³/mol. The average molecular weight is 409 g/mol. The summed E-state index contributed by atoms with van der Waals surface area (Å²) in [4.78, 5) is 40.6. The molecule has 2 aromatic rings. The zero-order valence-corrected chi connectivity index (χ0v) is 17.5. The molecule has 1 fully saturated rings. The minimum absolute atomic E-state index is 0.0550. The quantitative estimate of drug-likeness (QED) is 0.740. The fraction of sp³-hybridized carbons (Fsp3) is 0.348. The molecular weight excluding hydrogens is 380 g/mol. The molecule has 7 nitrogen and oxygen atoms in total. The van der Waals surface area contributed by atoms with Gasteiger partial charge in [-0.1, -0.05) is 35.4 Å². The molecule has 2 N–H and O–H groups in total. The van der Waals surface area contributed by atoms with E-state index >= 15 is 0 Å². The molecule has 158 valence electrons. The van der Waals surface area contributed by atoms with Crippen molar-refractivity contribution in [3.8, 4) is 0 Å². The van der Waals surface area contributed by atoms with E-state index in [0.717, 1.165) is 29.8 Å². The number of hydrogen-bond acceptors (Lipinski definition) is 4. The molecule has 1 aliphatic heterocycles. The number of benzene rings is 2. The fourth-order valence-corrected chi connectivity index (χ4v) is 3.37. The van der Waals surface area contributed by atoms with E-state index in [2.05, 4.69) is 15.5 Å². The van der Waals surface area contributed by atoms with E-state index in [1.165, 1.54) is 0 Å². The Morgan fingerprint density at radius 1 is 0.867 bits per heavy atom. The van der Waals surface area contributed by atoms with E-state index in [1.54, 1.807) is 12.1 Å². The number of piperazine rings is 1. The van der Waals surface area contributed by atoms with Gasteiger partial charge < -0.3 is 15.5 Å². The van der Waals surface area contributed by atoms with Crippen LogP contribution in [0.15, 0.2) is 48.5 Å². The van der Waals surface area contributed by atoms with Gasteiger partial charge in [0.2, 0.25) is 0 Å². The Hall–Kier alpha value is -3.19. The summed E-state index contributed by atoms with van der Waals surface area (Å²) in [5.41, 5.74) is 3.46. The molecule has 0 bridgehead atoms. The highest BCUT2D eigenvalue weighted by molar-refractivity contribution is 6.39.